The van der Waals surface area contributed by atoms with Crippen molar-refractivity contribution in [2.45, 2.75) is 6.92 Å². The molecule has 0 fully saturated rings. The van der Waals surface area contributed by atoms with Crippen LogP contribution in [0.2, 0.25) is 5.02 Å². The Morgan fingerprint density at radius 3 is 2.69 bits per heavy atom. The van der Waals surface area contributed by atoms with Gasteiger partial charge in [0.2, 0.25) is 0 Å². The van der Waals surface area contributed by atoms with Gasteiger partial charge in [0, 0.05) is 16.0 Å². The van der Waals surface area contributed by atoms with Gasteiger partial charge in [-0.25, -0.2) is 4.39 Å². The first kappa shape index (κ1) is 11.3. The highest BCUT2D eigenvalue weighted by Crippen LogP contribution is 2.22. The molecule has 0 atom stereocenters. The normalized spacial score (nSPS) is 10.4. The molecule has 0 aliphatic carbocycles. The molecule has 0 unspecified atom stereocenters. The van der Waals surface area contributed by atoms with Gasteiger partial charge >= 0.3 is 0 Å². The summed E-state index contributed by atoms with van der Waals surface area (Å²) in [5, 5.41) is 1.83. The number of hydrogen-bond donors (Lipinski definition) is 0. The van der Waals surface area contributed by atoms with Gasteiger partial charge in [0.25, 0.3) is 0 Å². The minimum Gasteiger partial charge on any atom is -0.289 e. The molecule has 1 aromatic carbocycles. The summed E-state index contributed by atoms with van der Waals surface area (Å²) in [6.07, 6.45) is 0. The average molecular weight is 255 g/mol. The third-order valence-electron chi connectivity index (χ3n) is 2.29. The number of carbonyl (C=O) groups is 1. The van der Waals surface area contributed by atoms with Gasteiger partial charge in [0.05, 0.1) is 5.02 Å². The maximum absolute atomic E-state index is 12.9. The van der Waals surface area contributed by atoms with Crippen LogP contribution in [0.3, 0.4) is 0 Å². The Kier molecular flexibility index (Phi) is 3.08. The number of hydrogen-bond acceptors (Lipinski definition) is 2. The lowest BCUT2D eigenvalue weighted by Crippen LogP contribution is -2.01. The Morgan fingerprint density at radius 2 is 2.12 bits per heavy atom. The molecule has 0 saturated carbocycles. The Morgan fingerprint density at radius 1 is 1.38 bits per heavy atom. The highest BCUT2D eigenvalue weighted by atomic mass is 35.5. The van der Waals surface area contributed by atoms with E-state index in [1.165, 1.54) is 29.5 Å². The van der Waals surface area contributed by atoms with E-state index in [1.54, 1.807) is 6.07 Å². The summed E-state index contributed by atoms with van der Waals surface area (Å²) in [5.41, 5.74) is 1.06. The first-order valence-electron chi connectivity index (χ1n) is 4.63. The van der Waals surface area contributed by atoms with Crippen molar-refractivity contribution < 1.29 is 9.18 Å². The molecule has 2 aromatic rings. The van der Waals surface area contributed by atoms with Gasteiger partial charge in [-0.05, 0) is 36.6 Å². The second-order valence-electron chi connectivity index (χ2n) is 3.35. The van der Waals surface area contributed by atoms with E-state index in [-0.39, 0.29) is 10.8 Å². The van der Waals surface area contributed by atoms with Crippen LogP contribution >= 0.6 is 22.9 Å². The molecule has 0 saturated heterocycles. The summed E-state index contributed by atoms with van der Waals surface area (Å²) in [4.78, 5) is 13.0. The molecule has 1 heterocycles. The Labute approximate surface area is 101 Å². The van der Waals surface area contributed by atoms with Crippen LogP contribution < -0.4 is 0 Å². The third-order valence-corrected chi connectivity index (χ3v) is 3.42. The fraction of sp³-hybridized carbons (Fsp3) is 0.0833. The maximum atomic E-state index is 12.9. The number of rotatable bonds is 2. The Hall–Kier alpha value is -1.19. The van der Waals surface area contributed by atoms with Crippen LogP contribution in [0.5, 0.6) is 0 Å². The fourth-order valence-electron chi connectivity index (χ4n) is 1.41. The SMILES string of the molecule is Cc1sccc1C(=O)c1ccc(F)c(Cl)c1. The minimum atomic E-state index is -0.514. The average Bonchev–Trinajstić information content (AvgIpc) is 2.67. The number of halogens is 2. The van der Waals surface area contributed by atoms with E-state index in [2.05, 4.69) is 0 Å². The molecule has 82 valence electrons. The Balaban J connectivity index is 2.42. The Bertz CT molecular complexity index is 548. The van der Waals surface area contributed by atoms with Gasteiger partial charge in [0.1, 0.15) is 5.82 Å². The quantitative estimate of drug-likeness (QED) is 0.738. The van der Waals surface area contributed by atoms with Gasteiger partial charge in [-0.15, -0.1) is 11.3 Å². The van der Waals surface area contributed by atoms with Crippen LogP contribution in [0.25, 0.3) is 0 Å². The maximum Gasteiger partial charge on any atom is 0.194 e. The zero-order valence-corrected chi connectivity index (χ0v) is 10.0. The van der Waals surface area contributed by atoms with Crippen molar-refractivity contribution in [2.24, 2.45) is 0 Å². The van der Waals surface area contributed by atoms with E-state index >= 15 is 0 Å². The van der Waals surface area contributed by atoms with Crippen molar-refractivity contribution in [1.29, 1.82) is 0 Å². The number of ketones is 1. The molecule has 16 heavy (non-hydrogen) atoms. The largest absolute Gasteiger partial charge is 0.289 e. The van der Waals surface area contributed by atoms with Gasteiger partial charge < -0.3 is 0 Å². The van der Waals surface area contributed by atoms with E-state index in [0.29, 0.717) is 11.1 Å². The predicted molar refractivity (Wildman–Crippen MR) is 63.9 cm³/mol. The highest BCUT2D eigenvalue weighted by molar-refractivity contribution is 7.10. The van der Waals surface area contributed by atoms with Crippen molar-refractivity contribution in [3.63, 3.8) is 0 Å². The van der Waals surface area contributed by atoms with Gasteiger partial charge in [-0.2, -0.15) is 0 Å². The van der Waals surface area contributed by atoms with E-state index < -0.39 is 5.82 Å². The smallest absolute Gasteiger partial charge is 0.194 e. The summed E-state index contributed by atoms with van der Waals surface area (Å²) >= 11 is 7.14. The van der Waals surface area contributed by atoms with Gasteiger partial charge in [0.15, 0.2) is 5.78 Å². The van der Waals surface area contributed by atoms with Crippen molar-refractivity contribution in [3.8, 4) is 0 Å². The molecular weight excluding hydrogens is 247 g/mol. The van der Waals surface area contributed by atoms with E-state index in [4.69, 9.17) is 11.6 Å². The molecule has 1 nitrogen and oxygen atoms in total. The molecule has 0 N–H and O–H groups in total. The molecule has 0 aliphatic rings. The zero-order valence-electron chi connectivity index (χ0n) is 8.46. The van der Waals surface area contributed by atoms with Crippen LogP contribution in [0, 0.1) is 12.7 Å². The number of aryl methyl sites for hydroxylation is 1. The standard InChI is InChI=1S/C12H8ClFOS/c1-7-9(4-5-16-7)12(15)8-2-3-11(14)10(13)6-8/h2-6H,1H3. The van der Waals surface area contributed by atoms with Crippen molar-refractivity contribution in [1.82, 2.24) is 0 Å². The molecule has 0 aliphatic heterocycles. The predicted octanol–water partition coefficient (Wildman–Crippen LogP) is 4.08. The van der Waals surface area contributed by atoms with E-state index in [1.807, 2.05) is 12.3 Å². The number of benzene rings is 1. The minimum absolute atomic E-state index is 0.0290. The number of thiophene rings is 1. The van der Waals surface area contributed by atoms with Gasteiger partial charge in [-0.1, -0.05) is 11.6 Å². The molecule has 0 amide bonds. The van der Waals surface area contributed by atoms with Gasteiger partial charge in [-0.3, -0.25) is 4.79 Å². The second kappa shape index (κ2) is 4.36. The summed E-state index contributed by atoms with van der Waals surface area (Å²) in [6.45, 7) is 1.88. The lowest BCUT2D eigenvalue weighted by atomic mass is 10.0. The molecule has 2 rings (SSSR count). The molecule has 1 aromatic heterocycles. The fourth-order valence-corrected chi connectivity index (χ4v) is 2.29. The first-order valence-corrected chi connectivity index (χ1v) is 5.89. The summed E-state index contributed by atoms with van der Waals surface area (Å²) in [7, 11) is 0. The molecule has 0 bridgehead atoms. The molecule has 0 spiro atoms. The van der Waals surface area contributed by atoms with Crippen molar-refractivity contribution in [3.05, 3.63) is 56.5 Å². The third kappa shape index (κ3) is 2.01. The van der Waals surface area contributed by atoms with Crippen LogP contribution in [-0.4, -0.2) is 5.78 Å². The topological polar surface area (TPSA) is 17.1 Å². The second-order valence-corrected chi connectivity index (χ2v) is 4.88. The molecular formula is C12H8ClFOS. The van der Waals surface area contributed by atoms with Crippen LogP contribution in [0.15, 0.2) is 29.6 Å². The monoisotopic (exact) mass is 254 g/mol. The highest BCUT2D eigenvalue weighted by Gasteiger charge is 2.13. The summed E-state index contributed by atoms with van der Waals surface area (Å²) in [6, 6.07) is 5.77. The first-order chi connectivity index (χ1) is 7.59. The van der Waals surface area contributed by atoms with Crippen LogP contribution in [-0.2, 0) is 0 Å². The lowest BCUT2D eigenvalue weighted by molar-refractivity contribution is 0.103. The lowest BCUT2D eigenvalue weighted by Gasteiger charge is -2.01. The number of carbonyl (C=O) groups excluding carboxylic acids is 1. The van der Waals surface area contributed by atoms with E-state index in [0.717, 1.165) is 4.88 Å². The van der Waals surface area contributed by atoms with Crippen molar-refractivity contribution >= 4 is 28.7 Å². The zero-order chi connectivity index (χ0) is 11.7. The van der Waals surface area contributed by atoms with Crippen LogP contribution in [0.4, 0.5) is 4.39 Å². The summed E-state index contributed by atoms with van der Waals surface area (Å²) in [5.74, 6) is -0.638. The van der Waals surface area contributed by atoms with Crippen LogP contribution in [0.1, 0.15) is 20.8 Å². The molecule has 0 radical (unpaired) electrons. The summed E-state index contributed by atoms with van der Waals surface area (Å²) < 4.78 is 12.9. The van der Waals surface area contributed by atoms with Crippen molar-refractivity contribution in [2.75, 3.05) is 0 Å². The van der Waals surface area contributed by atoms with E-state index in [9.17, 15) is 9.18 Å². The molecule has 4 heteroatoms.